The smallest absolute Gasteiger partial charge is 0.354 e. The molecule has 0 atom stereocenters. The number of rotatable bonds is 3. The van der Waals surface area contributed by atoms with E-state index in [2.05, 4.69) is 4.98 Å². The zero-order valence-corrected chi connectivity index (χ0v) is 11.2. The highest BCUT2D eigenvalue weighted by Gasteiger charge is 2.14. The summed E-state index contributed by atoms with van der Waals surface area (Å²) >= 11 is 0. The highest BCUT2D eigenvalue weighted by Crippen LogP contribution is 2.16. The Labute approximate surface area is 116 Å². The van der Waals surface area contributed by atoms with Crippen LogP contribution in [0, 0.1) is 6.92 Å². The van der Waals surface area contributed by atoms with E-state index in [1.54, 1.807) is 7.05 Å². The molecule has 0 aliphatic rings. The van der Waals surface area contributed by atoms with Gasteiger partial charge in [-0.1, -0.05) is 12.1 Å². The number of amides is 1. The first-order chi connectivity index (χ1) is 9.49. The van der Waals surface area contributed by atoms with Gasteiger partial charge in [0.2, 0.25) is 0 Å². The lowest BCUT2D eigenvalue weighted by molar-refractivity contribution is 0.0690. The van der Waals surface area contributed by atoms with Crippen molar-refractivity contribution < 1.29 is 14.7 Å². The molecule has 2 aromatic rings. The van der Waals surface area contributed by atoms with Crippen LogP contribution in [-0.4, -0.2) is 29.0 Å². The van der Waals surface area contributed by atoms with Crippen molar-refractivity contribution in [1.82, 2.24) is 4.98 Å². The van der Waals surface area contributed by atoms with Crippen LogP contribution in [0.1, 0.15) is 26.4 Å². The second-order valence-corrected chi connectivity index (χ2v) is 4.44. The van der Waals surface area contributed by atoms with Gasteiger partial charge in [0.25, 0.3) is 5.91 Å². The van der Waals surface area contributed by atoms with Crippen molar-refractivity contribution >= 4 is 17.6 Å². The van der Waals surface area contributed by atoms with E-state index in [1.165, 1.54) is 23.2 Å². The largest absolute Gasteiger partial charge is 0.477 e. The number of pyridine rings is 1. The van der Waals surface area contributed by atoms with Crippen LogP contribution in [0.15, 0.2) is 42.6 Å². The molecule has 5 heteroatoms. The molecule has 20 heavy (non-hydrogen) atoms. The third-order valence-corrected chi connectivity index (χ3v) is 2.92. The van der Waals surface area contributed by atoms with E-state index in [9.17, 15) is 9.59 Å². The molecule has 0 saturated heterocycles. The number of carboxylic acid groups (broad SMARTS) is 1. The summed E-state index contributed by atoms with van der Waals surface area (Å²) in [4.78, 5) is 28.2. The van der Waals surface area contributed by atoms with E-state index in [-0.39, 0.29) is 11.6 Å². The summed E-state index contributed by atoms with van der Waals surface area (Å²) in [7, 11) is 1.67. The maximum atomic E-state index is 12.3. The summed E-state index contributed by atoms with van der Waals surface area (Å²) in [5.41, 5.74) is 2.09. The summed E-state index contributed by atoms with van der Waals surface area (Å²) in [6, 6.07) is 10.3. The fourth-order valence-corrected chi connectivity index (χ4v) is 1.79. The van der Waals surface area contributed by atoms with Crippen molar-refractivity contribution in [3.05, 3.63) is 59.4 Å². The quantitative estimate of drug-likeness (QED) is 0.929. The standard InChI is InChI=1S/C15H14N2O3/c1-10-4-3-5-12(8-10)17(2)14(18)11-6-7-13(15(19)20)16-9-11/h3-9H,1-2H3,(H,19,20). The zero-order valence-electron chi connectivity index (χ0n) is 11.2. The molecule has 1 aromatic heterocycles. The Morgan fingerprint density at radius 2 is 1.95 bits per heavy atom. The number of hydrogen-bond acceptors (Lipinski definition) is 3. The van der Waals surface area contributed by atoms with Gasteiger partial charge in [0, 0.05) is 18.9 Å². The van der Waals surface area contributed by atoms with E-state index in [4.69, 9.17) is 5.11 Å². The van der Waals surface area contributed by atoms with Crippen molar-refractivity contribution in [2.75, 3.05) is 11.9 Å². The van der Waals surface area contributed by atoms with E-state index in [1.807, 2.05) is 31.2 Å². The molecule has 1 heterocycles. The van der Waals surface area contributed by atoms with Gasteiger partial charge < -0.3 is 10.0 Å². The Hall–Kier alpha value is -2.69. The lowest BCUT2D eigenvalue weighted by Gasteiger charge is -2.17. The number of nitrogens with zero attached hydrogens (tertiary/aromatic N) is 2. The van der Waals surface area contributed by atoms with Gasteiger partial charge >= 0.3 is 5.97 Å². The number of carbonyl (C=O) groups is 2. The molecule has 5 nitrogen and oxygen atoms in total. The Kier molecular flexibility index (Phi) is 3.79. The second-order valence-electron chi connectivity index (χ2n) is 4.44. The first-order valence-electron chi connectivity index (χ1n) is 6.03. The molecular weight excluding hydrogens is 256 g/mol. The molecular formula is C15H14N2O3. The number of aryl methyl sites for hydroxylation is 1. The van der Waals surface area contributed by atoms with Crippen LogP contribution in [0.3, 0.4) is 0 Å². The molecule has 1 N–H and O–H groups in total. The molecule has 0 saturated carbocycles. The predicted molar refractivity (Wildman–Crippen MR) is 75.1 cm³/mol. The molecule has 0 spiro atoms. The lowest BCUT2D eigenvalue weighted by atomic mass is 10.2. The minimum absolute atomic E-state index is 0.0836. The number of aromatic carboxylic acids is 1. The molecule has 102 valence electrons. The van der Waals surface area contributed by atoms with E-state index < -0.39 is 5.97 Å². The van der Waals surface area contributed by atoms with Gasteiger partial charge in [-0.2, -0.15) is 0 Å². The summed E-state index contributed by atoms with van der Waals surface area (Å²) in [5, 5.41) is 8.77. The number of anilines is 1. The summed E-state index contributed by atoms with van der Waals surface area (Å²) in [5.74, 6) is -1.35. The van der Waals surface area contributed by atoms with Crippen LogP contribution < -0.4 is 4.90 Å². The molecule has 1 amide bonds. The van der Waals surface area contributed by atoms with Crippen molar-refractivity contribution in [1.29, 1.82) is 0 Å². The maximum Gasteiger partial charge on any atom is 0.354 e. The molecule has 0 radical (unpaired) electrons. The minimum Gasteiger partial charge on any atom is -0.477 e. The molecule has 0 fully saturated rings. The molecule has 0 aliphatic carbocycles. The Balaban J connectivity index is 2.24. The number of hydrogen-bond donors (Lipinski definition) is 1. The van der Waals surface area contributed by atoms with Gasteiger partial charge in [-0.25, -0.2) is 9.78 Å². The van der Waals surface area contributed by atoms with Crippen LogP contribution in [-0.2, 0) is 0 Å². The lowest BCUT2D eigenvalue weighted by Crippen LogP contribution is -2.26. The fraction of sp³-hybridized carbons (Fsp3) is 0.133. The van der Waals surface area contributed by atoms with Crippen molar-refractivity contribution in [3.8, 4) is 0 Å². The third-order valence-electron chi connectivity index (χ3n) is 2.92. The Morgan fingerprint density at radius 3 is 2.50 bits per heavy atom. The Bertz CT molecular complexity index is 650. The first-order valence-corrected chi connectivity index (χ1v) is 6.03. The van der Waals surface area contributed by atoms with Crippen LogP contribution in [0.25, 0.3) is 0 Å². The van der Waals surface area contributed by atoms with Crippen LogP contribution in [0.4, 0.5) is 5.69 Å². The minimum atomic E-state index is -1.11. The van der Waals surface area contributed by atoms with E-state index >= 15 is 0 Å². The zero-order chi connectivity index (χ0) is 14.7. The topological polar surface area (TPSA) is 70.5 Å². The number of aromatic nitrogens is 1. The van der Waals surface area contributed by atoms with E-state index in [0.717, 1.165) is 11.3 Å². The molecule has 2 rings (SSSR count). The summed E-state index contributed by atoms with van der Waals surface area (Å²) < 4.78 is 0. The monoisotopic (exact) mass is 270 g/mol. The average molecular weight is 270 g/mol. The van der Waals surface area contributed by atoms with Gasteiger partial charge in [-0.05, 0) is 36.8 Å². The highest BCUT2D eigenvalue weighted by molar-refractivity contribution is 6.05. The van der Waals surface area contributed by atoms with Crippen LogP contribution in [0.5, 0.6) is 0 Å². The van der Waals surface area contributed by atoms with Crippen LogP contribution in [0.2, 0.25) is 0 Å². The fourth-order valence-electron chi connectivity index (χ4n) is 1.79. The summed E-state index contributed by atoms with van der Waals surface area (Å²) in [6.07, 6.45) is 1.28. The molecule has 0 unspecified atom stereocenters. The van der Waals surface area contributed by atoms with Crippen molar-refractivity contribution in [2.45, 2.75) is 6.92 Å². The molecule has 1 aromatic carbocycles. The number of carbonyl (C=O) groups excluding carboxylic acids is 1. The van der Waals surface area contributed by atoms with E-state index in [0.29, 0.717) is 5.56 Å². The molecule has 0 aliphatic heterocycles. The third kappa shape index (κ3) is 2.83. The van der Waals surface area contributed by atoms with Crippen molar-refractivity contribution in [2.24, 2.45) is 0 Å². The Morgan fingerprint density at radius 1 is 1.20 bits per heavy atom. The molecule has 0 bridgehead atoms. The predicted octanol–water partition coefficient (Wildman–Crippen LogP) is 2.36. The number of benzene rings is 1. The average Bonchev–Trinajstić information content (AvgIpc) is 2.46. The van der Waals surface area contributed by atoms with Gasteiger partial charge in [-0.3, -0.25) is 4.79 Å². The summed E-state index contributed by atoms with van der Waals surface area (Å²) in [6.45, 7) is 1.95. The van der Waals surface area contributed by atoms with Gasteiger partial charge in [0.05, 0.1) is 5.56 Å². The second kappa shape index (κ2) is 5.52. The number of carboxylic acids is 1. The van der Waals surface area contributed by atoms with Gasteiger partial charge in [-0.15, -0.1) is 0 Å². The first kappa shape index (κ1) is 13.7. The SMILES string of the molecule is Cc1cccc(N(C)C(=O)c2ccc(C(=O)O)nc2)c1. The van der Waals surface area contributed by atoms with Gasteiger partial charge in [0.1, 0.15) is 5.69 Å². The highest BCUT2D eigenvalue weighted by atomic mass is 16.4. The normalized spacial score (nSPS) is 10.1. The van der Waals surface area contributed by atoms with Gasteiger partial charge in [0.15, 0.2) is 0 Å². The van der Waals surface area contributed by atoms with Crippen LogP contribution >= 0.6 is 0 Å². The maximum absolute atomic E-state index is 12.3. The van der Waals surface area contributed by atoms with Crippen molar-refractivity contribution in [3.63, 3.8) is 0 Å².